The molecule has 29 heavy (non-hydrogen) atoms. The van der Waals surface area contributed by atoms with Gasteiger partial charge in [0.2, 0.25) is 0 Å². The van der Waals surface area contributed by atoms with Crippen LogP contribution in [0.5, 0.6) is 5.75 Å². The summed E-state index contributed by atoms with van der Waals surface area (Å²) in [7, 11) is 0.228. The summed E-state index contributed by atoms with van der Waals surface area (Å²) in [5, 5.41) is 6.65. The largest absolute Gasteiger partial charge is 0.473 e. The molecule has 3 heterocycles. The number of hydrogen-bond acceptors (Lipinski definition) is 7. The Morgan fingerprint density at radius 2 is 2.17 bits per heavy atom. The van der Waals surface area contributed by atoms with Crippen molar-refractivity contribution in [2.24, 2.45) is 0 Å². The Kier molecular flexibility index (Phi) is 6.20. The average molecular weight is 424 g/mol. The third kappa shape index (κ3) is 4.65. The molecule has 148 valence electrons. The van der Waals surface area contributed by atoms with E-state index in [1.165, 1.54) is 0 Å². The molecule has 0 bridgehead atoms. The van der Waals surface area contributed by atoms with Crippen LogP contribution in [0, 0.1) is 0 Å². The van der Waals surface area contributed by atoms with Crippen LogP contribution in [0.25, 0.3) is 20.9 Å². The van der Waals surface area contributed by atoms with Crippen molar-refractivity contribution in [3.05, 3.63) is 66.9 Å². The van der Waals surface area contributed by atoms with E-state index in [9.17, 15) is 0 Å². The minimum atomic E-state index is 0.228. The van der Waals surface area contributed by atoms with Crippen molar-refractivity contribution < 1.29 is 8.94 Å². The lowest BCUT2D eigenvalue weighted by Gasteiger charge is -2.08. The molecule has 0 radical (unpaired) electrons. The molecule has 1 aromatic carbocycles. The van der Waals surface area contributed by atoms with Crippen LogP contribution in [0.4, 0.5) is 11.5 Å². The fourth-order valence-electron chi connectivity index (χ4n) is 2.80. The zero-order valence-electron chi connectivity index (χ0n) is 15.9. The Labute approximate surface area is 174 Å². The highest BCUT2D eigenvalue weighted by molar-refractivity contribution is 7.36. The average Bonchev–Trinajstić information content (AvgIpc) is 3.38. The Hall–Kier alpha value is -2.73. The molecule has 4 rings (SSSR count). The first-order valence-corrected chi connectivity index (χ1v) is 11.0. The van der Waals surface area contributed by atoms with Crippen molar-refractivity contribution in [3.63, 3.8) is 0 Å². The molecule has 3 aromatic heterocycles. The lowest BCUT2D eigenvalue weighted by atomic mass is 10.3. The standard InChI is InChI=1S/C21H21N4O2PS/c1-3-22-12-16-8-9-18(26-16)19-11-17-20(29-19)21(24-13-23-17)25-14-6-5-7-15(10-14)27-28-4-2/h4-11,13,22,28H,2-3,12H2,1H3,(H,23,24,25). The first kappa shape index (κ1) is 19.6. The molecule has 0 spiro atoms. The summed E-state index contributed by atoms with van der Waals surface area (Å²) < 4.78 is 12.6. The fraction of sp³-hybridized carbons (Fsp3) is 0.143. The number of anilines is 2. The van der Waals surface area contributed by atoms with Crippen molar-refractivity contribution in [3.8, 4) is 16.4 Å². The molecular formula is C21H21N4O2PS. The van der Waals surface area contributed by atoms with Crippen LogP contribution in [-0.2, 0) is 6.54 Å². The third-order valence-corrected chi connectivity index (χ3v) is 5.79. The quantitative estimate of drug-likeness (QED) is 0.325. The molecule has 1 unspecified atom stereocenters. The predicted molar refractivity (Wildman–Crippen MR) is 121 cm³/mol. The molecule has 1 atom stereocenters. The zero-order valence-corrected chi connectivity index (χ0v) is 17.8. The first-order valence-electron chi connectivity index (χ1n) is 9.21. The van der Waals surface area contributed by atoms with E-state index in [0.717, 1.165) is 57.0 Å². The molecule has 4 aromatic rings. The smallest absolute Gasteiger partial charge is 0.151 e. The number of aromatic nitrogens is 2. The maximum atomic E-state index is 5.97. The van der Waals surface area contributed by atoms with E-state index in [2.05, 4.69) is 34.1 Å². The third-order valence-electron chi connectivity index (χ3n) is 4.12. The minimum absolute atomic E-state index is 0.228. The van der Waals surface area contributed by atoms with Crippen LogP contribution >= 0.6 is 20.1 Å². The second-order valence-electron chi connectivity index (χ2n) is 6.17. The van der Waals surface area contributed by atoms with Gasteiger partial charge in [0.15, 0.2) is 5.82 Å². The maximum absolute atomic E-state index is 5.97. The lowest BCUT2D eigenvalue weighted by molar-refractivity contribution is 0.499. The van der Waals surface area contributed by atoms with E-state index in [-0.39, 0.29) is 8.81 Å². The summed E-state index contributed by atoms with van der Waals surface area (Å²) in [5.74, 6) is 5.05. The number of thiophene rings is 1. The lowest BCUT2D eigenvalue weighted by Crippen LogP contribution is -2.10. The molecular weight excluding hydrogens is 403 g/mol. The second kappa shape index (κ2) is 9.18. The number of rotatable bonds is 9. The van der Waals surface area contributed by atoms with Gasteiger partial charge in [0.05, 0.1) is 30.4 Å². The Morgan fingerprint density at radius 1 is 1.24 bits per heavy atom. The molecule has 0 aliphatic rings. The van der Waals surface area contributed by atoms with E-state index in [0.29, 0.717) is 0 Å². The van der Waals surface area contributed by atoms with Gasteiger partial charge in [-0.15, -0.1) is 11.3 Å². The Morgan fingerprint density at radius 3 is 3.03 bits per heavy atom. The first-order chi connectivity index (χ1) is 14.3. The molecule has 2 N–H and O–H groups in total. The number of nitrogens with one attached hydrogen (secondary N) is 2. The number of fused-ring (bicyclic) bond motifs is 1. The predicted octanol–water partition coefficient (Wildman–Crippen LogP) is 5.92. The fourth-order valence-corrected chi connectivity index (χ4v) is 4.17. The van der Waals surface area contributed by atoms with Crippen molar-refractivity contribution in [2.75, 3.05) is 11.9 Å². The number of nitrogens with zero attached hydrogens (tertiary/aromatic N) is 2. The monoisotopic (exact) mass is 424 g/mol. The molecule has 6 nitrogen and oxygen atoms in total. The molecule has 0 aliphatic carbocycles. The minimum Gasteiger partial charge on any atom is -0.473 e. The van der Waals surface area contributed by atoms with Crippen molar-refractivity contribution in [1.82, 2.24) is 15.3 Å². The topological polar surface area (TPSA) is 72.2 Å². The molecule has 8 heteroatoms. The molecule has 0 amide bonds. The van der Waals surface area contributed by atoms with Gasteiger partial charge in [-0.2, -0.15) is 0 Å². The van der Waals surface area contributed by atoms with Crippen LogP contribution in [-0.4, -0.2) is 16.5 Å². The van der Waals surface area contributed by atoms with Crippen molar-refractivity contribution in [1.29, 1.82) is 0 Å². The molecule has 0 fully saturated rings. The number of benzene rings is 1. The van der Waals surface area contributed by atoms with E-state index in [4.69, 9.17) is 8.94 Å². The number of hydrogen-bond donors (Lipinski definition) is 2. The SMILES string of the molecule is C=CPOc1cccc(Nc2ncnc3cc(-c4ccc(CNCC)o4)sc23)c1. The summed E-state index contributed by atoms with van der Waals surface area (Å²) >= 11 is 1.61. The van der Waals surface area contributed by atoms with Gasteiger partial charge in [-0.1, -0.05) is 19.6 Å². The van der Waals surface area contributed by atoms with Crippen LogP contribution < -0.4 is 15.2 Å². The second-order valence-corrected chi connectivity index (χ2v) is 8.07. The molecule has 0 saturated heterocycles. The normalized spacial score (nSPS) is 11.3. The summed E-state index contributed by atoms with van der Waals surface area (Å²) in [6, 6.07) is 13.8. The highest BCUT2D eigenvalue weighted by Crippen LogP contribution is 2.37. The zero-order chi connectivity index (χ0) is 20.1. The van der Waals surface area contributed by atoms with Crippen molar-refractivity contribution >= 4 is 41.9 Å². The summed E-state index contributed by atoms with van der Waals surface area (Å²) in [5.41, 5.74) is 1.78. The summed E-state index contributed by atoms with van der Waals surface area (Å²) in [6.45, 7) is 7.39. The van der Waals surface area contributed by atoms with Crippen LogP contribution in [0.1, 0.15) is 12.7 Å². The van der Waals surface area contributed by atoms with Gasteiger partial charge in [-0.05, 0) is 42.7 Å². The highest BCUT2D eigenvalue weighted by Gasteiger charge is 2.13. The van der Waals surface area contributed by atoms with Crippen LogP contribution in [0.3, 0.4) is 0 Å². The van der Waals surface area contributed by atoms with E-state index >= 15 is 0 Å². The van der Waals surface area contributed by atoms with E-state index < -0.39 is 0 Å². The van der Waals surface area contributed by atoms with Gasteiger partial charge in [0.1, 0.15) is 23.6 Å². The van der Waals surface area contributed by atoms with E-state index in [1.807, 2.05) is 42.5 Å². The van der Waals surface area contributed by atoms with Gasteiger partial charge in [0.25, 0.3) is 0 Å². The summed E-state index contributed by atoms with van der Waals surface area (Å²) in [6.07, 6.45) is 1.57. The van der Waals surface area contributed by atoms with Gasteiger partial charge >= 0.3 is 0 Å². The van der Waals surface area contributed by atoms with Gasteiger partial charge in [0, 0.05) is 11.8 Å². The van der Waals surface area contributed by atoms with Gasteiger partial charge < -0.3 is 19.6 Å². The van der Waals surface area contributed by atoms with E-state index in [1.54, 1.807) is 23.5 Å². The highest BCUT2D eigenvalue weighted by atomic mass is 32.1. The maximum Gasteiger partial charge on any atom is 0.151 e. The summed E-state index contributed by atoms with van der Waals surface area (Å²) in [4.78, 5) is 9.88. The molecule has 0 saturated carbocycles. The van der Waals surface area contributed by atoms with Crippen molar-refractivity contribution in [2.45, 2.75) is 13.5 Å². The Bertz CT molecular complexity index is 1120. The Balaban J connectivity index is 1.60. The van der Waals surface area contributed by atoms with Gasteiger partial charge in [-0.25, -0.2) is 9.97 Å². The van der Waals surface area contributed by atoms with Crippen LogP contribution in [0.2, 0.25) is 0 Å². The number of furan rings is 1. The van der Waals surface area contributed by atoms with Crippen LogP contribution in [0.15, 0.2) is 65.6 Å². The molecule has 0 aliphatic heterocycles. The van der Waals surface area contributed by atoms with Gasteiger partial charge in [-0.3, -0.25) is 0 Å².